The van der Waals surface area contributed by atoms with Crippen LogP contribution in [-0.4, -0.2) is 81.9 Å². The summed E-state index contributed by atoms with van der Waals surface area (Å²) in [6, 6.07) is 15.7. The monoisotopic (exact) mass is 486 g/mol. The lowest BCUT2D eigenvalue weighted by Gasteiger charge is -2.37. The van der Waals surface area contributed by atoms with E-state index in [0.717, 1.165) is 49.1 Å². The molecule has 0 saturated carbocycles. The number of β-amino-alcohol motifs (C(OH)–C–C–N with tert-alkyl or cyclic N) is 1. The number of methoxy groups -OCH3 is 1. The van der Waals surface area contributed by atoms with Crippen LogP contribution in [0.3, 0.4) is 0 Å². The van der Waals surface area contributed by atoms with Crippen molar-refractivity contribution in [1.29, 1.82) is 0 Å². The van der Waals surface area contributed by atoms with Crippen molar-refractivity contribution in [2.45, 2.75) is 12.2 Å². The van der Waals surface area contributed by atoms with E-state index in [9.17, 15) is 5.11 Å². The van der Waals surface area contributed by atoms with Crippen molar-refractivity contribution in [3.63, 3.8) is 0 Å². The summed E-state index contributed by atoms with van der Waals surface area (Å²) in [6.45, 7) is 5.34. The maximum atomic E-state index is 10.4. The number of halogens is 2. The molecule has 0 bridgehead atoms. The molecule has 4 rings (SSSR count). The standard InChI is InChI=1S/C23H30N2O5.2ClH/c1-27-21-7-3-2-6-20(21)25-12-10-24(11-13-25)14-18(26)15-28-16-19-17-29-22-8-4-5-9-23(22)30-19;;/h2-9,18-19,26H,10-17H2,1H3;2*1H. The van der Waals surface area contributed by atoms with E-state index in [1.54, 1.807) is 7.11 Å². The number of nitrogens with zero attached hydrogens (tertiary/aromatic N) is 2. The third kappa shape index (κ3) is 6.80. The molecule has 1 N–H and O–H groups in total. The number of piperazine rings is 1. The fourth-order valence-electron chi connectivity index (χ4n) is 3.89. The molecule has 0 aromatic heterocycles. The lowest BCUT2D eigenvalue weighted by Crippen LogP contribution is -2.49. The van der Waals surface area contributed by atoms with Crippen molar-refractivity contribution in [3.8, 4) is 17.2 Å². The van der Waals surface area contributed by atoms with Gasteiger partial charge in [-0.25, -0.2) is 0 Å². The third-order valence-electron chi connectivity index (χ3n) is 5.45. The average Bonchev–Trinajstić information content (AvgIpc) is 2.79. The van der Waals surface area contributed by atoms with Crippen molar-refractivity contribution in [3.05, 3.63) is 48.5 Å². The number of aliphatic hydroxyl groups excluding tert-OH is 1. The van der Waals surface area contributed by atoms with Gasteiger partial charge in [0.2, 0.25) is 0 Å². The first-order valence-corrected chi connectivity index (χ1v) is 10.5. The number of ether oxygens (including phenoxy) is 4. The van der Waals surface area contributed by atoms with Gasteiger partial charge in [-0.2, -0.15) is 0 Å². The molecule has 0 amide bonds. The summed E-state index contributed by atoms with van der Waals surface area (Å²) < 4.78 is 22.7. The molecule has 178 valence electrons. The zero-order valence-electron chi connectivity index (χ0n) is 18.2. The molecule has 1 fully saturated rings. The van der Waals surface area contributed by atoms with Crippen LogP contribution in [-0.2, 0) is 4.74 Å². The van der Waals surface area contributed by atoms with Gasteiger partial charge in [-0.05, 0) is 24.3 Å². The van der Waals surface area contributed by atoms with Gasteiger partial charge in [0.15, 0.2) is 17.6 Å². The Hall–Kier alpha value is -1.90. The van der Waals surface area contributed by atoms with E-state index in [1.165, 1.54) is 0 Å². The van der Waals surface area contributed by atoms with Gasteiger partial charge in [-0.15, -0.1) is 24.8 Å². The first-order chi connectivity index (χ1) is 14.7. The Bertz CT molecular complexity index is 820. The minimum atomic E-state index is -0.528. The highest BCUT2D eigenvalue weighted by atomic mass is 35.5. The summed E-state index contributed by atoms with van der Waals surface area (Å²) in [5, 5.41) is 10.4. The number of para-hydroxylation sites is 4. The summed E-state index contributed by atoms with van der Waals surface area (Å²) in [7, 11) is 1.70. The number of rotatable bonds is 8. The van der Waals surface area contributed by atoms with Gasteiger partial charge in [-0.3, -0.25) is 4.90 Å². The molecule has 2 atom stereocenters. The Kier molecular flexibility index (Phi) is 10.7. The molecule has 0 radical (unpaired) electrons. The summed E-state index contributed by atoms with van der Waals surface area (Å²) in [5.41, 5.74) is 1.12. The van der Waals surface area contributed by atoms with Crippen molar-refractivity contribution in [1.82, 2.24) is 4.90 Å². The Morgan fingerprint density at radius 2 is 1.69 bits per heavy atom. The Labute approximate surface area is 202 Å². The highest BCUT2D eigenvalue weighted by Gasteiger charge is 2.23. The number of anilines is 1. The van der Waals surface area contributed by atoms with Gasteiger partial charge in [0.05, 0.1) is 32.1 Å². The van der Waals surface area contributed by atoms with E-state index in [0.29, 0.717) is 19.8 Å². The summed E-state index contributed by atoms with van der Waals surface area (Å²) in [5.74, 6) is 2.41. The third-order valence-corrected chi connectivity index (χ3v) is 5.45. The van der Waals surface area contributed by atoms with Crippen LogP contribution in [0.4, 0.5) is 5.69 Å². The summed E-state index contributed by atoms with van der Waals surface area (Å²) in [4.78, 5) is 4.60. The molecular weight excluding hydrogens is 455 g/mol. The number of hydrogen-bond acceptors (Lipinski definition) is 7. The molecule has 2 aromatic rings. The highest BCUT2D eigenvalue weighted by molar-refractivity contribution is 5.85. The van der Waals surface area contributed by atoms with E-state index in [1.807, 2.05) is 42.5 Å². The van der Waals surface area contributed by atoms with Crippen molar-refractivity contribution in [2.75, 3.05) is 64.6 Å². The molecule has 9 heteroatoms. The van der Waals surface area contributed by atoms with Crippen molar-refractivity contribution in [2.24, 2.45) is 0 Å². The highest BCUT2D eigenvalue weighted by Crippen LogP contribution is 2.31. The van der Waals surface area contributed by atoms with Crippen LogP contribution >= 0.6 is 24.8 Å². The van der Waals surface area contributed by atoms with Gasteiger partial charge >= 0.3 is 0 Å². The molecule has 0 aliphatic carbocycles. The van der Waals surface area contributed by atoms with Crippen molar-refractivity contribution >= 4 is 30.5 Å². The predicted octanol–water partition coefficient (Wildman–Crippen LogP) is 2.88. The number of fused-ring (bicyclic) bond motifs is 1. The maximum Gasteiger partial charge on any atom is 0.161 e. The summed E-state index contributed by atoms with van der Waals surface area (Å²) in [6.07, 6.45) is -0.684. The Balaban J connectivity index is 0.00000181. The quantitative estimate of drug-likeness (QED) is 0.615. The topological polar surface area (TPSA) is 63.6 Å². The minimum absolute atomic E-state index is 0. The van der Waals surface area contributed by atoms with Gasteiger partial charge in [0.1, 0.15) is 12.4 Å². The van der Waals surface area contributed by atoms with Crippen LogP contribution in [0.25, 0.3) is 0 Å². The Morgan fingerprint density at radius 3 is 2.44 bits per heavy atom. The molecule has 0 spiro atoms. The molecule has 2 aliphatic heterocycles. The number of benzene rings is 2. The van der Waals surface area contributed by atoms with E-state index in [-0.39, 0.29) is 37.5 Å². The van der Waals surface area contributed by atoms with E-state index >= 15 is 0 Å². The SMILES string of the molecule is COc1ccccc1N1CCN(CC(O)COCC2COc3ccccc3O2)CC1.Cl.Cl. The number of hydrogen-bond donors (Lipinski definition) is 1. The normalized spacial score (nSPS) is 18.8. The Morgan fingerprint density at radius 1 is 1.00 bits per heavy atom. The van der Waals surface area contributed by atoms with Crippen LogP contribution in [0, 0.1) is 0 Å². The fraction of sp³-hybridized carbons (Fsp3) is 0.478. The maximum absolute atomic E-state index is 10.4. The number of aliphatic hydroxyl groups is 1. The molecular formula is C23H32Cl2N2O5. The fourth-order valence-corrected chi connectivity index (χ4v) is 3.89. The molecule has 2 aromatic carbocycles. The predicted molar refractivity (Wildman–Crippen MR) is 129 cm³/mol. The lowest BCUT2D eigenvalue weighted by molar-refractivity contribution is -0.0292. The summed E-state index contributed by atoms with van der Waals surface area (Å²) >= 11 is 0. The second kappa shape index (κ2) is 13.0. The molecule has 32 heavy (non-hydrogen) atoms. The van der Waals surface area contributed by atoms with Crippen LogP contribution in [0.1, 0.15) is 0 Å². The van der Waals surface area contributed by atoms with E-state index in [2.05, 4.69) is 15.9 Å². The second-order valence-electron chi connectivity index (χ2n) is 7.65. The van der Waals surface area contributed by atoms with Crippen molar-refractivity contribution < 1.29 is 24.1 Å². The first-order valence-electron chi connectivity index (χ1n) is 10.5. The molecule has 2 heterocycles. The first kappa shape index (κ1) is 26.4. The van der Waals surface area contributed by atoms with Crippen LogP contribution in [0.5, 0.6) is 17.2 Å². The second-order valence-corrected chi connectivity index (χ2v) is 7.65. The largest absolute Gasteiger partial charge is 0.495 e. The van der Waals surface area contributed by atoms with E-state index in [4.69, 9.17) is 18.9 Å². The average molecular weight is 487 g/mol. The van der Waals surface area contributed by atoms with Gasteiger partial charge in [-0.1, -0.05) is 24.3 Å². The minimum Gasteiger partial charge on any atom is -0.495 e. The van der Waals surface area contributed by atoms with Crippen LogP contribution < -0.4 is 19.1 Å². The lowest BCUT2D eigenvalue weighted by atomic mass is 10.2. The van der Waals surface area contributed by atoms with E-state index < -0.39 is 6.10 Å². The molecule has 2 unspecified atom stereocenters. The van der Waals surface area contributed by atoms with Gasteiger partial charge < -0.3 is 29.0 Å². The molecule has 1 saturated heterocycles. The zero-order valence-corrected chi connectivity index (χ0v) is 19.9. The zero-order chi connectivity index (χ0) is 20.8. The molecule has 2 aliphatic rings. The van der Waals surface area contributed by atoms with Crippen LogP contribution in [0.2, 0.25) is 0 Å². The van der Waals surface area contributed by atoms with Gasteiger partial charge in [0.25, 0.3) is 0 Å². The van der Waals surface area contributed by atoms with Crippen LogP contribution in [0.15, 0.2) is 48.5 Å². The van der Waals surface area contributed by atoms with Gasteiger partial charge in [0, 0.05) is 32.7 Å². The smallest absolute Gasteiger partial charge is 0.161 e. The molecule has 7 nitrogen and oxygen atoms in total.